The quantitative estimate of drug-likeness (QED) is 0.321. The number of sulfonamides is 1. The fraction of sp³-hybridized carbons (Fsp3) is 0.118. The van der Waals surface area contributed by atoms with E-state index in [0.717, 1.165) is 22.8 Å². The molecule has 1 aromatic carbocycles. The fourth-order valence-corrected chi connectivity index (χ4v) is 3.65. The van der Waals surface area contributed by atoms with Crippen LogP contribution in [0.15, 0.2) is 42.9 Å². The van der Waals surface area contributed by atoms with Gasteiger partial charge in [-0.3, -0.25) is 14.8 Å². The van der Waals surface area contributed by atoms with E-state index in [1.165, 1.54) is 17.5 Å². The molecule has 4 aromatic rings. The van der Waals surface area contributed by atoms with Crippen molar-refractivity contribution in [3.8, 4) is 10.6 Å². The second-order valence-electron chi connectivity index (χ2n) is 6.35. The summed E-state index contributed by atoms with van der Waals surface area (Å²) in [5, 5.41) is 27.7. The summed E-state index contributed by atoms with van der Waals surface area (Å²) >= 11 is 1.34. The lowest BCUT2D eigenvalue weighted by Crippen LogP contribution is -2.21. The molecular weight excluding hydrogens is 487 g/mol. The Morgan fingerprint density at radius 2 is 1.85 bits per heavy atom. The van der Waals surface area contributed by atoms with Crippen molar-refractivity contribution in [2.24, 2.45) is 0 Å². The Morgan fingerprint density at radius 3 is 2.52 bits per heavy atom. The number of rotatable bonds is 5. The Hall–Kier alpha value is -3.79. The van der Waals surface area contributed by atoms with E-state index >= 15 is 0 Å². The van der Waals surface area contributed by atoms with E-state index in [9.17, 15) is 21.6 Å². The molecule has 16 heteroatoms. The zero-order valence-electron chi connectivity index (χ0n) is 16.5. The van der Waals surface area contributed by atoms with Gasteiger partial charge in [0.05, 0.1) is 29.9 Å². The Kier molecular flexibility index (Phi) is 6.78. The van der Waals surface area contributed by atoms with Crippen molar-refractivity contribution in [3.05, 3.63) is 42.9 Å². The maximum Gasteiger partial charge on any atom is 0.490 e. The second-order valence-corrected chi connectivity index (χ2v) is 9.07. The number of H-pyrrole nitrogens is 1. The maximum atomic E-state index is 11.3. The number of halogens is 3. The fourth-order valence-electron chi connectivity index (χ4n) is 2.36. The number of alkyl halides is 3. The van der Waals surface area contributed by atoms with Crippen LogP contribution in [0.4, 0.5) is 29.7 Å². The predicted octanol–water partition coefficient (Wildman–Crippen LogP) is 3.22. The summed E-state index contributed by atoms with van der Waals surface area (Å²) in [6, 6.07) is 7.46. The highest BCUT2D eigenvalue weighted by Crippen LogP contribution is 2.30. The number of pyridine rings is 1. The molecule has 0 aliphatic carbocycles. The number of carbonyl (C=O) groups is 1. The van der Waals surface area contributed by atoms with Crippen LogP contribution in [-0.2, 0) is 14.8 Å². The first-order chi connectivity index (χ1) is 15.4. The van der Waals surface area contributed by atoms with Gasteiger partial charge in [0.2, 0.25) is 15.2 Å². The Labute approximate surface area is 187 Å². The molecule has 174 valence electrons. The van der Waals surface area contributed by atoms with Crippen LogP contribution in [0.5, 0.6) is 0 Å². The zero-order chi connectivity index (χ0) is 24.2. The molecule has 3 heterocycles. The molecule has 0 aliphatic heterocycles. The van der Waals surface area contributed by atoms with Crippen LogP contribution in [-0.4, -0.2) is 57.3 Å². The standard InChI is InChI=1S/C15H13N7O2S2.C2HF3O2/c1-26(23,24)22-12-5-10(6-16-8-12)14-20-21-15(25-14)18-11-2-3-13-9(4-11)7-17-19-13;3-2(4,5)1(6)7/h2-8,22H,1H3,(H,17,19)(H,18,21);(H,6,7). The third kappa shape index (κ3) is 6.84. The van der Waals surface area contributed by atoms with E-state index in [0.29, 0.717) is 21.4 Å². The number of aromatic nitrogens is 5. The lowest BCUT2D eigenvalue weighted by Gasteiger charge is -2.04. The summed E-state index contributed by atoms with van der Waals surface area (Å²) in [7, 11) is -3.37. The number of fused-ring (bicyclic) bond motifs is 1. The van der Waals surface area contributed by atoms with Gasteiger partial charge in [-0.05, 0) is 24.3 Å². The van der Waals surface area contributed by atoms with E-state index in [1.807, 2.05) is 18.2 Å². The normalized spacial score (nSPS) is 11.5. The molecule has 0 radical (unpaired) electrons. The Bertz CT molecular complexity index is 1390. The number of aliphatic carboxylic acids is 1. The van der Waals surface area contributed by atoms with Crippen molar-refractivity contribution in [2.45, 2.75) is 6.18 Å². The molecule has 0 atom stereocenters. The molecule has 0 bridgehead atoms. The van der Waals surface area contributed by atoms with Gasteiger partial charge in [0.15, 0.2) is 5.01 Å². The van der Waals surface area contributed by atoms with Crippen molar-refractivity contribution in [2.75, 3.05) is 16.3 Å². The van der Waals surface area contributed by atoms with Crippen LogP contribution in [0.25, 0.3) is 21.5 Å². The molecular formula is C17H14F3N7O4S2. The van der Waals surface area contributed by atoms with Crippen molar-refractivity contribution in [1.82, 2.24) is 25.4 Å². The molecule has 0 fully saturated rings. The largest absolute Gasteiger partial charge is 0.490 e. The minimum atomic E-state index is -5.08. The smallest absolute Gasteiger partial charge is 0.475 e. The van der Waals surface area contributed by atoms with E-state index in [2.05, 4.69) is 35.4 Å². The molecule has 11 nitrogen and oxygen atoms in total. The highest BCUT2D eigenvalue weighted by atomic mass is 32.2. The van der Waals surface area contributed by atoms with Gasteiger partial charge in [-0.1, -0.05) is 11.3 Å². The van der Waals surface area contributed by atoms with Gasteiger partial charge in [-0.2, -0.15) is 18.3 Å². The number of benzene rings is 1. The number of nitrogens with one attached hydrogen (secondary N) is 3. The van der Waals surface area contributed by atoms with E-state index in [1.54, 1.807) is 18.5 Å². The number of hydrogen-bond acceptors (Lipinski definition) is 9. The predicted molar refractivity (Wildman–Crippen MR) is 115 cm³/mol. The topological polar surface area (TPSA) is 163 Å². The average Bonchev–Trinajstić information content (AvgIpc) is 3.36. The zero-order valence-corrected chi connectivity index (χ0v) is 18.1. The number of hydrogen-bond donors (Lipinski definition) is 4. The number of carboxylic acid groups (broad SMARTS) is 1. The van der Waals surface area contributed by atoms with Crippen molar-refractivity contribution >= 4 is 54.7 Å². The summed E-state index contributed by atoms with van der Waals surface area (Å²) in [5.41, 5.74) is 2.87. The van der Waals surface area contributed by atoms with Crippen LogP contribution < -0.4 is 10.0 Å². The van der Waals surface area contributed by atoms with Gasteiger partial charge in [-0.25, -0.2) is 13.2 Å². The molecule has 0 saturated heterocycles. The van der Waals surface area contributed by atoms with Gasteiger partial charge in [0.25, 0.3) is 0 Å². The molecule has 0 saturated carbocycles. The second kappa shape index (κ2) is 9.37. The van der Waals surface area contributed by atoms with Gasteiger partial charge in [0, 0.05) is 22.8 Å². The third-order valence-electron chi connectivity index (χ3n) is 3.65. The van der Waals surface area contributed by atoms with Crippen LogP contribution in [0.1, 0.15) is 0 Å². The summed E-state index contributed by atoms with van der Waals surface area (Å²) in [6.45, 7) is 0. The molecule has 0 spiro atoms. The lowest BCUT2D eigenvalue weighted by atomic mass is 10.2. The first-order valence-corrected chi connectivity index (χ1v) is 11.4. The first kappa shape index (κ1) is 23.9. The maximum absolute atomic E-state index is 11.3. The number of nitrogens with zero attached hydrogens (tertiary/aromatic N) is 4. The van der Waals surface area contributed by atoms with Gasteiger partial charge in [-0.15, -0.1) is 10.2 Å². The minimum absolute atomic E-state index is 0.375. The van der Waals surface area contributed by atoms with Crippen LogP contribution in [0, 0.1) is 0 Å². The molecule has 3 aromatic heterocycles. The Morgan fingerprint density at radius 1 is 1.12 bits per heavy atom. The van der Waals surface area contributed by atoms with E-state index in [4.69, 9.17) is 9.90 Å². The number of carboxylic acids is 1. The summed E-state index contributed by atoms with van der Waals surface area (Å²) in [6.07, 6.45) is 0.793. The monoisotopic (exact) mass is 501 g/mol. The van der Waals surface area contributed by atoms with Gasteiger partial charge in [0.1, 0.15) is 0 Å². The number of anilines is 3. The molecule has 4 N–H and O–H groups in total. The van der Waals surface area contributed by atoms with Crippen molar-refractivity contribution in [1.29, 1.82) is 0 Å². The highest BCUT2D eigenvalue weighted by Gasteiger charge is 2.38. The average molecular weight is 501 g/mol. The molecule has 0 amide bonds. The van der Waals surface area contributed by atoms with Gasteiger partial charge >= 0.3 is 12.1 Å². The molecule has 0 aliphatic rings. The van der Waals surface area contributed by atoms with Crippen LogP contribution in [0.2, 0.25) is 0 Å². The molecule has 4 rings (SSSR count). The third-order valence-corrected chi connectivity index (χ3v) is 5.14. The van der Waals surface area contributed by atoms with Crippen molar-refractivity contribution in [3.63, 3.8) is 0 Å². The van der Waals surface area contributed by atoms with Gasteiger partial charge < -0.3 is 10.4 Å². The molecule has 33 heavy (non-hydrogen) atoms. The summed E-state index contributed by atoms with van der Waals surface area (Å²) in [5.74, 6) is -2.76. The molecule has 0 unspecified atom stereocenters. The Balaban J connectivity index is 0.000000383. The van der Waals surface area contributed by atoms with E-state index in [-0.39, 0.29) is 0 Å². The lowest BCUT2D eigenvalue weighted by molar-refractivity contribution is -0.192. The van der Waals surface area contributed by atoms with Crippen molar-refractivity contribution < 1.29 is 31.5 Å². The van der Waals surface area contributed by atoms with E-state index < -0.39 is 22.2 Å². The van der Waals surface area contributed by atoms with Crippen LogP contribution >= 0.6 is 11.3 Å². The summed E-state index contributed by atoms with van der Waals surface area (Å²) in [4.78, 5) is 12.9. The SMILES string of the molecule is CS(=O)(=O)Nc1cncc(-c2nnc(Nc3ccc4[nH]ncc4c3)s2)c1.O=C(O)C(F)(F)F. The minimum Gasteiger partial charge on any atom is -0.475 e. The summed E-state index contributed by atoms with van der Waals surface area (Å²) < 4.78 is 56.8. The number of aromatic amines is 1. The van der Waals surface area contributed by atoms with Crippen LogP contribution in [0.3, 0.4) is 0 Å². The highest BCUT2D eigenvalue weighted by molar-refractivity contribution is 7.92. The first-order valence-electron chi connectivity index (χ1n) is 8.68.